The zero-order valence-electron chi connectivity index (χ0n) is 15.1. The molecule has 0 amide bonds. The van der Waals surface area contributed by atoms with Crippen molar-refractivity contribution in [3.8, 4) is 0 Å². The summed E-state index contributed by atoms with van der Waals surface area (Å²) in [5, 5.41) is 1.23. The number of hydrogen-bond donors (Lipinski definition) is 0. The molecule has 2 aromatic rings. The Morgan fingerprint density at radius 1 is 0.960 bits per heavy atom. The summed E-state index contributed by atoms with van der Waals surface area (Å²) in [6.45, 7) is 10.2. The third-order valence-corrected chi connectivity index (χ3v) is 6.51. The molecular weight excluding hydrogens is 328 g/mol. The first-order chi connectivity index (χ1) is 12.3. The van der Waals surface area contributed by atoms with Gasteiger partial charge in [0, 0.05) is 62.6 Å². The van der Waals surface area contributed by atoms with Gasteiger partial charge >= 0.3 is 0 Å². The van der Waals surface area contributed by atoms with Gasteiger partial charge in [-0.15, -0.1) is 11.3 Å². The van der Waals surface area contributed by atoms with E-state index < -0.39 is 0 Å². The highest BCUT2D eigenvalue weighted by molar-refractivity contribution is 7.15. The molecule has 2 aliphatic heterocycles. The van der Waals surface area contributed by atoms with Crippen LogP contribution < -0.4 is 9.80 Å². The lowest BCUT2D eigenvalue weighted by Crippen LogP contribution is -2.45. The zero-order valence-corrected chi connectivity index (χ0v) is 15.9. The van der Waals surface area contributed by atoms with Crippen molar-refractivity contribution < 1.29 is 0 Å². The average Bonchev–Trinajstić information content (AvgIpc) is 3.12. The normalized spacial score (nSPS) is 20.2. The number of para-hydroxylation sites is 1. The Kier molecular flexibility index (Phi) is 5.22. The van der Waals surface area contributed by atoms with Gasteiger partial charge in [-0.2, -0.15) is 0 Å². The molecule has 3 heterocycles. The van der Waals surface area contributed by atoms with E-state index in [2.05, 4.69) is 58.2 Å². The van der Waals surface area contributed by atoms with Crippen LogP contribution in [0.3, 0.4) is 0 Å². The molecule has 4 nitrogen and oxygen atoms in total. The minimum absolute atomic E-state index is 0.872. The average molecular weight is 357 g/mol. The monoisotopic (exact) mass is 356 g/mol. The second kappa shape index (κ2) is 7.75. The number of hydrogen-bond acceptors (Lipinski definition) is 5. The molecule has 0 saturated carbocycles. The Balaban J connectivity index is 1.29. The minimum atomic E-state index is 0.872. The second-order valence-corrected chi connectivity index (χ2v) is 8.47. The predicted octanol–water partition coefficient (Wildman–Crippen LogP) is 3.70. The van der Waals surface area contributed by atoms with E-state index in [-0.39, 0.29) is 0 Å². The van der Waals surface area contributed by atoms with Gasteiger partial charge in [-0.1, -0.05) is 25.1 Å². The Morgan fingerprint density at radius 3 is 2.40 bits per heavy atom. The summed E-state index contributed by atoms with van der Waals surface area (Å²) in [5.74, 6) is 0.872. The smallest absolute Gasteiger partial charge is 0.185 e. The molecular formula is C20H28N4S. The van der Waals surface area contributed by atoms with E-state index in [0.29, 0.717) is 0 Å². The summed E-state index contributed by atoms with van der Waals surface area (Å²) in [4.78, 5) is 13.6. The summed E-state index contributed by atoms with van der Waals surface area (Å²) < 4.78 is 0. The summed E-state index contributed by atoms with van der Waals surface area (Å²) in [5.41, 5.74) is 1.35. The topological polar surface area (TPSA) is 22.6 Å². The van der Waals surface area contributed by atoms with Gasteiger partial charge < -0.3 is 9.80 Å². The molecule has 0 bridgehead atoms. The Morgan fingerprint density at radius 2 is 1.68 bits per heavy atom. The highest BCUT2D eigenvalue weighted by atomic mass is 32.1. The van der Waals surface area contributed by atoms with Crippen LogP contribution in [0.2, 0.25) is 0 Å². The number of anilines is 2. The van der Waals surface area contributed by atoms with Crippen molar-refractivity contribution in [2.75, 3.05) is 49.1 Å². The number of piperazine rings is 1. The van der Waals surface area contributed by atoms with Crippen molar-refractivity contribution in [1.82, 2.24) is 9.88 Å². The number of benzene rings is 1. The molecule has 0 N–H and O–H groups in total. The fourth-order valence-corrected chi connectivity index (χ4v) is 4.74. The third kappa shape index (κ3) is 4.15. The summed E-state index contributed by atoms with van der Waals surface area (Å²) >= 11 is 1.89. The standard InChI is InChI=1S/C20H28N4S/c1-17-7-9-24(10-8-17)20-21-15-19(25-20)16-22-11-13-23(14-12-22)18-5-3-2-4-6-18/h2-6,15,17H,7-14,16H2,1H3. The molecule has 0 aliphatic carbocycles. The van der Waals surface area contributed by atoms with Crippen molar-refractivity contribution in [1.29, 1.82) is 0 Å². The van der Waals surface area contributed by atoms with Crippen LogP contribution in [0.1, 0.15) is 24.6 Å². The molecule has 2 saturated heterocycles. The molecule has 5 heteroatoms. The quantitative estimate of drug-likeness (QED) is 0.833. The lowest BCUT2D eigenvalue weighted by atomic mass is 10.00. The lowest BCUT2D eigenvalue weighted by Gasteiger charge is -2.35. The predicted molar refractivity (Wildman–Crippen MR) is 107 cm³/mol. The minimum Gasteiger partial charge on any atom is -0.369 e. The van der Waals surface area contributed by atoms with Crippen molar-refractivity contribution in [3.63, 3.8) is 0 Å². The van der Waals surface area contributed by atoms with E-state index in [1.54, 1.807) is 0 Å². The molecule has 0 atom stereocenters. The van der Waals surface area contributed by atoms with Gasteiger partial charge in [0.1, 0.15) is 0 Å². The molecule has 0 unspecified atom stereocenters. The van der Waals surface area contributed by atoms with E-state index in [0.717, 1.165) is 38.6 Å². The molecule has 1 aromatic heterocycles. The van der Waals surface area contributed by atoms with Gasteiger partial charge in [-0.3, -0.25) is 4.90 Å². The largest absolute Gasteiger partial charge is 0.369 e. The molecule has 4 rings (SSSR count). The molecule has 134 valence electrons. The van der Waals surface area contributed by atoms with E-state index in [1.165, 1.54) is 41.6 Å². The number of thiazole rings is 1. The van der Waals surface area contributed by atoms with Crippen LogP contribution in [0.25, 0.3) is 0 Å². The number of piperidine rings is 1. The maximum absolute atomic E-state index is 4.70. The number of rotatable bonds is 4. The first kappa shape index (κ1) is 16.9. The summed E-state index contributed by atoms with van der Waals surface area (Å²) in [6, 6.07) is 10.8. The van der Waals surface area contributed by atoms with Crippen molar-refractivity contribution in [2.24, 2.45) is 5.92 Å². The van der Waals surface area contributed by atoms with Crippen LogP contribution in [0.15, 0.2) is 36.5 Å². The Labute approximate surface area is 155 Å². The molecule has 0 radical (unpaired) electrons. The van der Waals surface area contributed by atoms with Crippen LogP contribution >= 0.6 is 11.3 Å². The van der Waals surface area contributed by atoms with Crippen LogP contribution in [-0.2, 0) is 6.54 Å². The van der Waals surface area contributed by atoms with Gasteiger partial charge in [-0.05, 0) is 30.9 Å². The maximum atomic E-state index is 4.70. The van der Waals surface area contributed by atoms with E-state index in [4.69, 9.17) is 4.98 Å². The second-order valence-electron chi connectivity index (χ2n) is 7.38. The van der Waals surface area contributed by atoms with Crippen LogP contribution in [0.5, 0.6) is 0 Å². The highest BCUT2D eigenvalue weighted by Gasteiger charge is 2.21. The summed E-state index contributed by atoms with van der Waals surface area (Å²) in [7, 11) is 0. The fourth-order valence-electron chi connectivity index (χ4n) is 3.74. The Bertz CT molecular complexity index is 655. The number of nitrogens with zero attached hydrogens (tertiary/aromatic N) is 4. The molecule has 25 heavy (non-hydrogen) atoms. The van der Waals surface area contributed by atoms with Crippen molar-refractivity contribution >= 4 is 22.2 Å². The van der Waals surface area contributed by atoms with Gasteiger partial charge in [0.25, 0.3) is 0 Å². The van der Waals surface area contributed by atoms with E-state index in [1.807, 2.05) is 11.3 Å². The zero-order chi connectivity index (χ0) is 17.1. The third-order valence-electron chi connectivity index (χ3n) is 5.47. The van der Waals surface area contributed by atoms with Gasteiger partial charge in [0.15, 0.2) is 5.13 Å². The van der Waals surface area contributed by atoms with Gasteiger partial charge in [-0.25, -0.2) is 4.98 Å². The SMILES string of the molecule is CC1CCN(c2ncc(CN3CCN(c4ccccc4)CC3)s2)CC1. The summed E-state index contributed by atoms with van der Waals surface area (Å²) in [6.07, 6.45) is 4.70. The van der Waals surface area contributed by atoms with Gasteiger partial charge in [0.2, 0.25) is 0 Å². The maximum Gasteiger partial charge on any atom is 0.185 e. The molecule has 2 fully saturated rings. The van der Waals surface area contributed by atoms with Crippen LogP contribution in [0, 0.1) is 5.92 Å². The van der Waals surface area contributed by atoms with E-state index in [9.17, 15) is 0 Å². The van der Waals surface area contributed by atoms with Crippen molar-refractivity contribution in [3.05, 3.63) is 41.4 Å². The lowest BCUT2D eigenvalue weighted by molar-refractivity contribution is 0.252. The Hall–Kier alpha value is -1.59. The number of aromatic nitrogens is 1. The van der Waals surface area contributed by atoms with E-state index >= 15 is 0 Å². The molecule has 1 aromatic carbocycles. The first-order valence-electron chi connectivity index (χ1n) is 9.50. The fraction of sp³-hybridized carbons (Fsp3) is 0.550. The highest BCUT2D eigenvalue weighted by Crippen LogP contribution is 2.28. The molecule has 2 aliphatic rings. The first-order valence-corrected chi connectivity index (χ1v) is 10.3. The van der Waals surface area contributed by atoms with Crippen molar-refractivity contribution in [2.45, 2.75) is 26.3 Å². The van der Waals surface area contributed by atoms with Gasteiger partial charge in [0.05, 0.1) is 0 Å². The van der Waals surface area contributed by atoms with Crippen LogP contribution in [0.4, 0.5) is 10.8 Å². The molecule has 0 spiro atoms. The van der Waals surface area contributed by atoms with Crippen LogP contribution in [-0.4, -0.2) is 49.2 Å².